The lowest BCUT2D eigenvalue weighted by Gasteiger charge is -2.05. The standard InChI is InChI=1S/C14H12BrN3OS/c15-11-5-6-20-13(11)3-4-14(19)17-10-2-1-9-8-16-18-12(9)7-10/h1-2,5-8H,3-4H2,(H,16,18)(H,17,19). The van der Waals surface area contributed by atoms with Crippen molar-refractivity contribution in [2.24, 2.45) is 0 Å². The Hall–Kier alpha value is -1.66. The van der Waals surface area contributed by atoms with Gasteiger partial charge in [0.15, 0.2) is 0 Å². The van der Waals surface area contributed by atoms with Crippen LogP contribution in [-0.2, 0) is 11.2 Å². The summed E-state index contributed by atoms with van der Waals surface area (Å²) in [4.78, 5) is 13.1. The number of amides is 1. The van der Waals surface area contributed by atoms with Crippen molar-refractivity contribution in [3.63, 3.8) is 0 Å². The summed E-state index contributed by atoms with van der Waals surface area (Å²) in [5, 5.41) is 12.8. The largest absolute Gasteiger partial charge is 0.326 e. The number of H-pyrrole nitrogens is 1. The van der Waals surface area contributed by atoms with Gasteiger partial charge in [0.1, 0.15) is 0 Å². The first kappa shape index (κ1) is 13.3. The molecule has 1 amide bonds. The summed E-state index contributed by atoms with van der Waals surface area (Å²) in [6.07, 6.45) is 2.98. The number of hydrogen-bond acceptors (Lipinski definition) is 3. The van der Waals surface area contributed by atoms with Gasteiger partial charge in [-0.1, -0.05) is 0 Å². The number of benzene rings is 1. The molecule has 0 radical (unpaired) electrons. The van der Waals surface area contributed by atoms with Crippen molar-refractivity contribution in [1.29, 1.82) is 0 Å². The van der Waals surface area contributed by atoms with Crippen molar-refractivity contribution in [2.75, 3.05) is 5.32 Å². The van der Waals surface area contributed by atoms with Crippen LogP contribution in [0.2, 0.25) is 0 Å². The first-order valence-corrected chi connectivity index (χ1v) is 7.84. The number of carbonyl (C=O) groups excluding carboxylic acids is 1. The summed E-state index contributed by atoms with van der Waals surface area (Å²) in [6, 6.07) is 7.71. The van der Waals surface area contributed by atoms with Crippen LogP contribution in [0.15, 0.2) is 40.3 Å². The lowest BCUT2D eigenvalue weighted by atomic mass is 10.2. The zero-order chi connectivity index (χ0) is 13.9. The molecule has 3 aromatic rings. The van der Waals surface area contributed by atoms with Gasteiger partial charge < -0.3 is 5.32 Å². The second kappa shape index (κ2) is 5.76. The molecule has 0 fully saturated rings. The summed E-state index contributed by atoms with van der Waals surface area (Å²) >= 11 is 5.13. The van der Waals surface area contributed by atoms with Crippen LogP contribution >= 0.6 is 27.3 Å². The van der Waals surface area contributed by atoms with Gasteiger partial charge in [-0.05, 0) is 52.0 Å². The third-order valence-corrected chi connectivity index (χ3v) is 4.98. The van der Waals surface area contributed by atoms with Crippen molar-refractivity contribution in [3.8, 4) is 0 Å². The van der Waals surface area contributed by atoms with E-state index in [1.54, 1.807) is 17.5 Å². The normalized spacial score (nSPS) is 10.8. The van der Waals surface area contributed by atoms with E-state index in [0.29, 0.717) is 6.42 Å². The van der Waals surface area contributed by atoms with Crippen LogP contribution < -0.4 is 5.32 Å². The van der Waals surface area contributed by atoms with E-state index in [0.717, 1.165) is 27.5 Å². The summed E-state index contributed by atoms with van der Waals surface area (Å²) in [7, 11) is 0. The highest BCUT2D eigenvalue weighted by molar-refractivity contribution is 9.10. The molecule has 2 N–H and O–H groups in total. The fourth-order valence-electron chi connectivity index (χ4n) is 1.97. The predicted octanol–water partition coefficient (Wildman–Crippen LogP) is 3.96. The van der Waals surface area contributed by atoms with E-state index in [1.807, 2.05) is 29.6 Å². The quantitative estimate of drug-likeness (QED) is 0.748. The highest BCUT2D eigenvalue weighted by Crippen LogP contribution is 2.24. The second-order valence-electron chi connectivity index (χ2n) is 4.41. The van der Waals surface area contributed by atoms with Crippen molar-refractivity contribution in [3.05, 3.63) is 45.2 Å². The summed E-state index contributed by atoms with van der Waals surface area (Å²) in [5.74, 6) is 0.0177. The molecule has 4 nitrogen and oxygen atoms in total. The SMILES string of the molecule is O=C(CCc1sccc1Br)Nc1ccc2cn[nH]c2c1. The van der Waals surface area contributed by atoms with Gasteiger partial charge in [-0.15, -0.1) is 11.3 Å². The zero-order valence-corrected chi connectivity index (χ0v) is 12.9. The molecule has 102 valence electrons. The van der Waals surface area contributed by atoms with E-state index in [2.05, 4.69) is 31.4 Å². The van der Waals surface area contributed by atoms with Gasteiger partial charge >= 0.3 is 0 Å². The zero-order valence-electron chi connectivity index (χ0n) is 10.5. The van der Waals surface area contributed by atoms with Gasteiger partial charge in [0, 0.05) is 26.8 Å². The van der Waals surface area contributed by atoms with Gasteiger partial charge in [-0.3, -0.25) is 9.89 Å². The maximum atomic E-state index is 11.9. The molecule has 0 unspecified atom stereocenters. The number of carbonyl (C=O) groups is 1. The number of nitrogens with zero attached hydrogens (tertiary/aromatic N) is 1. The van der Waals surface area contributed by atoms with Crippen LogP contribution in [0.4, 0.5) is 5.69 Å². The van der Waals surface area contributed by atoms with Gasteiger partial charge in [0.2, 0.25) is 5.91 Å². The van der Waals surface area contributed by atoms with Crippen LogP contribution in [0.25, 0.3) is 10.9 Å². The van der Waals surface area contributed by atoms with E-state index in [-0.39, 0.29) is 5.91 Å². The highest BCUT2D eigenvalue weighted by Gasteiger charge is 2.07. The van der Waals surface area contributed by atoms with Crippen LogP contribution in [0.3, 0.4) is 0 Å². The maximum absolute atomic E-state index is 11.9. The molecule has 0 saturated heterocycles. The number of rotatable bonds is 4. The number of fused-ring (bicyclic) bond motifs is 1. The number of nitrogens with one attached hydrogen (secondary N) is 2. The molecule has 20 heavy (non-hydrogen) atoms. The smallest absolute Gasteiger partial charge is 0.224 e. The number of aromatic amines is 1. The molecule has 3 rings (SSSR count). The van der Waals surface area contributed by atoms with E-state index < -0.39 is 0 Å². The Bertz CT molecular complexity index is 750. The average molecular weight is 350 g/mol. The number of anilines is 1. The molecule has 0 atom stereocenters. The fourth-order valence-corrected chi connectivity index (χ4v) is 3.52. The number of halogens is 1. The van der Waals surface area contributed by atoms with Crippen LogP contribution in [0.1, 0.15) is 11.3 Å². The molecule has 0 bridgehead atoms. The van der Waals surface area contributed by atoms with Crippen molar-refractivity contribution in [1.82, 2.24) is 10.2 Å². The molecular weight excluding hydrogens is 338 g/mol. The number of aryl methyl sites for hydroxylation is 1. The Morgan fingerprint density at radius 2 is 2.30 bits per heavy atom. The highest BCUT2D eigenvalue weighted by atomic mass is 79.9. The Kier molecular flexibility index (Phi) is 3.84. The lowest BCUT2D eigenvalue weighted by molar-refractivity contribution is -0.116. The van der Waals surface area contributed by atoms with Gasteiger partial charge in [0.25, 0.3) is 0 Å². The molecule has 1 aromatic carbocycles. The summed E-state index contributed by atoms with van der Waals surface area (Å²) in [6.45, 7) is 0. The van der Waals surface area contributed by atoms with Crippen LogP contribution in [0, 0.1) is 0 Å². The molecule has 0 spiro atoms. The topological polar surface area (TPSA) is 57.8 Å². The molecule has 0 aliphatic rings. The molecule has 6 heteroatoms. The third kappa shape index (κ3) is 2.91. The number of thiophene rings is 1. The van der Waals surface area contributed by atoms with E-state index in [4.69, 9.17) is 0 Å². The minimum atomic E-state index is 0.0177. The lowest BCUT2D eigenvalue weighted by Crippen LogP contribution is -2.12. The van der Waals surface area contributed by atoms with E-state index >= 15 is 0 Å². The van der Waals surface area contributed by atoms with Gasteiger partial charge in [-0.2, -0.15) is 5.10 Å². The van der Waals surface area contributed by atoms with Gasteiger partial charge in [-0.25, -0.2) is 0 Å². The molecule has 0 saturated carbocycles. The van der Waals surface area contributed by atoms with Crippen molar-refractivity contribution < 1.29 is 4.79 Å². The van der Waals surface area contributed by atoms with E-state index in [9.17, 15) is 4.79 Å². The summed E-state index contributed by atoms with van der Waals surface area (Å²) < 4.78 is 1.08. The van der Waals surface area contributed by atoms with Crippen molar-refractivity contribution >= 4 is 49.8 Å². The van der Waals surface area contributed by atoms with Gasteiger partial charge in [0.05, 0.1) is 11.7 Å². The molecule has 0 aliphatic heterocycles. The monoisotopic (exact) mass is 349 g/mol. The maximum Gasteiger partial charge on any atom is 0.224 e. The minimum absolute atomic E-state index is 0.0177. The first-order chi connectivity index (χ1) is 9.72. The fraction of sp³-hybridized carbons (Fsp3) is 0.143. The molecular formula is C14H12BrN3OS. The number of hydrogen-bond donors (Lipinski definition) is 2. The average Bonchev–Trinajstić information content (AvgIpc) is 3.04. The molecule has 0 aliphatic carbocycles. The molecule has 2 heterocycles. The Balaban J connectivity index is 1.62. The Morgan fingerprint density at radius 1 is 1.40 bits per heavy atom. The first-order valence-electron chi connectivity index (χ1n) is 6.17. The minimum Gasteiger partial charge on any atom is -0.326 e. The number of aromatic nitrogens is 2. The van der Waals surface area contributed by atoms with E-state index in [1.165, 1.54) is 4.88 Å². The van der Waals surface area contributed by atoms with Crippen molar-refractivity contribution in [2.45, 2.75) is 12.8 Å². The Labute approximate surface area is 128 Å². The second-order valence-corrected chi connectivity index (χ2v) is 6.27. The third-order valence-electron chi connectivity index (χ3n) is 3.00. The van der Waals surface area contributed by atoms with Crippen LogP contribution in [0.5, 0.6) is 0 Å². The Morgan fingerprint density at radius 3 is 3.10 bits per heavy atom. The predicted molar refractivity (Wildman–Crippen MR) is 85.1 cm³/mol. The van der Waals surface area contributed by atoms with Crippen LogP contribution in [-0.4, -0.2) is 16.1 Å². The summed E-state index contributed by atoms with van der Waals surface area (Å²) in [5.41, 5.74) is 1.71. The molecule has 2 aromatic heterocycles.